The van der Waals surface area contributed by atoms with E-state index in [9.17, 15) is 0 Å². The first-order chi connectivity index (χ1) is 9.11. The first kappa shape index (κ1) is 13.1. The molecule has 1 aliphatic rings. The van der Waals surface area contributed by atoms with Crippen LogP contribution in [-0.4, -0.2) is 16.4 Å². The Morgan fingerprint density at radius 1 is 1.47 bits per heavy atom. The molecular formula is C14H16BrN3S. The van der Waals surface area contributed by atoms with Crippen LogP contribution < -0.4 is 5.73 Å². The van der Waals surface area contributed by atoms with E-state index >= 15 is 0 Å². The largest absolute Gasteiger partial charge is 0.375 e. The Kier molecular flexibility index (Phi) is 3.60. The molecule has 2 aromatic rings. The number of nitrogen functional groups attached to an aromatic ring is 1. The Labute approximate surface area is 125 Å². The maximum Gasteiger partial charge on any atom is 0.180 e. The van der Waals surface area contributed by atoms with E-state index in [2.05, 4.69) is 44.9 Å². The molecule has 2 N–H and O–H groups in total. The van der Waals surface area contributed by atoms with Crippen LogP contribution >= 0.6 is 27.3 Å². The van der Waals surface area contributed by atoms with E-state index in [0.717, 1.165) is 26.1 Å². The second kappa shape index (κ2) is 5.23. The van der Waals surface area contributed by atoms with Gasteiger partial charge in [-0.15, -0.1) is 11.3 Å². The predicted octanol–water partition coefficient (Wildman–Crippen LogP) is 3.35. The van der Waals surface area contributed by atoms with Gasteiger partial charge in [0.25, 0.3) is 0 Å². The Morgan fingerprint density at radius 2 is 2.32 bits per heavy atom. The third kappa shape index (κ3) is 2.83. The topological polar surface area (TPSA) is 42.2 Å². The highest BCUT2D eigenvalue weighted by molar-refractivity contribution is 9.10. The van der Waals surface area contributed by atoms with E-state index < -0.39 is 0 Å². The number of aromatic nitrogens is 1. The zero-order valence-corrected chi connectivity index (χ0v) is 13.2. The van der Waals surface area contributed by atoms with Crippen molar-refractivity contribution in [2.24, 2.45) is 0 Å². The summed E-state index contributed by atoms with van der Waals surface area (Å²) in [4.78, 5) is 7.83. The average molecular weight is 338 g/mol. The summed E-state index contributed by atoms with van der Waals surface area (Å²) in [6.45, 7) is 5.26. The lowest BCUT2D eigenvalue weighted by molar-refractivity contribution is 0.247. The molecule has 0 spiro atoms. The van der Waals surface area contributed by atoms with Crippen LogP contribution in [0.15, 0.2) is 22.8 Å². The summed E-state index contributed by atoms with van der Waals surface area (Å²) >= 11 is 5.17. The molecule has 2 heterocycles. The molecule has 1 aromatic carbocycles. The van der Waals surface area contributed by atoms with Crippen LogP contribution in [-0.2, 0) is 19.5 Å². The molecule has 0 saturated heterocycles. The number of thiazole rings is 1. The molecule has 5 heteroatoms. The van der Waals surface area contributed by atoms with Crippen molar-refractivity contribution in [1.29, 1.82) is 0 Å². The van der Waals surface area contributed by atoms with Crippen LogP contribution in [0.5, 0.6) is 0 Å². The maximum absolute atomic E-state index is 5.68. The highest BCUT2D eigenvalue weighted by Gasteiger charge is 2.19. The number of nitrogens with two attached hydrogens (primary N) is 1. The molecule has 1 aliphatic heterocycles. The number of rotatable bonds is 2. The van der Waals surface area contributed by atoms with E-state index in [4.69, 9.17) is 5.73 Å². The molecular weight excluding hydrogens is 322 g/mol. The van der Waals surface area contributed by atoms with E-state index in [1.54, 1.807) is 11.3 Å². The second-order valence-electron chi connectivity index (χ2n) is 4.99. The van der Waals surface area contributed by atoms with Gasteiger partial charge in [-0.1, -0.05) is 15.9 Å². The number of anilines is 1. The van der Waals surface area contributed by atoms with Crippen LogP contribution in [0.4, 0.5) is 5.13 Å². The van der Waals surface area contributed by atoms with Crippen LogP contribution in [0.25, 0.3) is 0 Å². The summed E-state index contributed by atoms with van der Waals surface area (Å²) in [6.07, 6.45) is 3.01. The van der Waals surface area contributed by atoms with Gasteiger partial charge >= 0.3 is 0 Å². The Hall–Kier alpha value is -0.910. The van der Waals surface area contributed by atoms with Gasteiger partial charge < -0.3 is 5.73 Å². The van der Waals surface area contributed by atoms with Crippen LogP contribution in [0.1, 0.15) is 21.6 Å². The van der Waals surface area contributed by atoms with Gasteiger partial charge in [0.2, 0.25) is 0 Å². The van der Waals surface area contributed by atoms with Gasteiger partial charge in [-0.3, -0.25) is 4.90 Å². The fraction of sp³-hybridized carbons (Fsp3) is 0.357. The monoisotopic (exact) mass is 337 g/mol. The smallest absolute Gasteiger partial charge is 0.180 e. The number of fused-ring (bicyclic) bond motifs is 1. The molecule has 0 saturated carbocycles. The Morgan fingerprint density at radius 3 is 3.05 bits per heavy atom. The normalized spacial score (nSPS) is 15.5. The van der Waals surface area contributed by atoms with E-state index in [0.29, 0.717) is 5.13 Å². The van der Waals surface area contributed by atoms with Gasteiger partial charge in [-0.25, -0.2) is 4.98 Å². The van der Waals surface area contributed by atoms with Crippen LogP contribution in [0, 0.1) is 6.92 Å². The van der Waals surface area contributed by atoms with Crippen molar-refractivity contribution in [3.05, 3.63) is 44.4 Å². The second-order valence-corrected chi connectivity index (χ2v) is 7.05. The van der Waals surface area contributed by atoms with Gasteiger partial charge in [0.15, 0.2) is 5.13 Å². The summed E-state index contributed by atoms with van der Waals surface area (Å²) < 4.78 is 1.19. The minimum atomic E-state index is 0.660. The minimum absolute atomic E-state index is 0.660. The van der Waals surface area contributed by atoms with Crippen molar-refractivity contribution in [3.8, 4) is 0 Å². The third-order valence-electron chi connectivity index (χ3n) is 3.56. The first-order valence-electron chi connectivity index (χ1n) is 6.32. The number of halogens is 1. The van der Waals surface area contributed by atoms with Gasteiger partial charge in [0, 0.05) is 35.2 Å². The Balaban J connectivity index is 1.78. The summed E-state index contributed by atoms with van der Waals surface area (Å²) in [5, 5.41) is 0.660. The summed E-state index contributed by atoms with van der Waals surface area (Å²) in [5.74, 6) is 0. The lowest BCUT2D eigenvalue weighted by Gasteiger charge is -2.29. The van der Waals surface area contributed by atoms with Gasteiger partial charge in [-0.05, 0) is 42.2 Å². The highest BCUT2D eigenvalue weighted by Crippen LogP contribution is 2.28. The molecule has 0 amide bonds. The zero-order valence-electron chi connectivity index (χ0n) is 10.8. The molecule has 0 radical (unpaired) electrons. The van der Waals surface area contributed by atoms with E-state index in [1.807, 2.05) is 6.20 Å². The van der Waals surface area contributed by atoms with Crippen molar-refractivity contribution >= 4 is 32.4 Å². The fourth-order valence-electron chi connectivity index (χ4n) is 2.62. The number of nitrogens with zero attached hydrogens (tertiary/aromatic N) is 2. The lowest BCUT2D eigenvalue weighted by atomic mass is 9.95. The predicted molar refractivity (Wildman–Crippen MR) is 83.2 cm³/mol. The van der Waals surface area contributed by atoms with Crippen molar-refractivity contribution in [2.45, 2.75) is 26.4 Å². The van der Waals surface area contributed by atoms with Crippen LogP contribution in [0.3, 0.4) is 0 Å². The van der Waals surface area contributed by atoms with Gasteiger partial charge in [-0.2, -0.15) is 0 Å². The van der Waals surface area contributed by atoms with E-state index in [-0.39, 0.29) is 0 Å². The number of benzene rings is 1. The molecule has 3 nitrogen and oxygen atoms in total. The molecule has 0 atom stereocenters. The molecule has 19 heavy (non-hydrogen) atoms. The van der Waals surface area contributed by atoms with Gasteiger partial charge in [0.05, 0.1) is 0 Å². The highest BCUT2D eigenvalue weighted by atomic mass is 79.9. The van der Waals surface area contributed by atoms with Crippen molar-refractivity contribution in [3.63, 3.8) is 0 Å². The average Bonchev–Trinajstić information content (AvgIpc) is 2.75. The maximum atomic E-state index is 5.68. The molecule has 3 rings (SSSR count). The first-order valence-corrected chi connectivity index (χ1v) is 7.93. The summed E-state index contributed by atoms with van der Waals surface area (Å²) in [5.41, 5.74) is 10.0. The molecule has 0 bridgehead atoms. The molecule has 0 fully saturated rings. The van der Waals surface area contributed by atoms with Crippen LogP contribution in [0.2, 0.25) is 0 Å². The zero-order chi connectivity index (χ0) is 13.4. The number of hydrogen-bond donors (Lipinski definition) is 1. The Bertz CT molecular complexity index is 609. The van der Waals surface area contributed by atoms with Crippen molar-refractivity contribution in [1.82, 2.24) is 9.88 Å². The van der Waals surface area contributed by atoms with Crippen molar-refractivity contribution < 1.29 is 0 Å². The molecule has 1 aromatic heterocycles. The molecule has 0 aliphatic carbocycles. The number of hydrogen-bond acceptors (Lipinski definition) is 4. The third-order valence-corrected chi connectivity index (χ3v) is 4.83. The van der Waals surface area contributed by atoms with E-state index in [1.165, 1.54) is 26.0 Å². The quantitative estimate of drug-likeness (QED) is 0.913. The SMILES string of the molecule is Cc1cc(Br)cc2c1CN(Cc1cnc(N)s1)CC2. The van der Waals surface area contributed by atoms with Gasteiger partial charge in [0.1, 0.15) is 0 Å². The minimum Gasteiger partial charge on any atom is -0.375 e. The standard InChI is InChI=1S/C14H16BrN3S/c1-9-4-11(15)5-10-2-3-18(8-13(9)10)7-12-6-17-14(16)19-12/h4-6H,2-3,7-8H2,1H3,(H2,16,17). The summed E-state index contributed by atoms with van der Waals surface area (Å²) in [7, 11) is 0. The molecule has 100 valence electrons. The molecule has 0 unspecified atom stereocenters. The van der Waals surface area contributed by atoms with Crippen molar-refractivity contribution in [2.75, 3.05) is 12.3 Å². The lowest BCUT2D eigenvalue weighted by Crippen LogP contribution is -2.30. The fourth-order valence-corrected chi connectivity index (χ4v) is 3.97. The number of aryl methyl sites for hydroxylation is 1. The summed E-state index contributed by atoms with van der Waals surface area (Å²) in [6, 6.07) is 4.46.